The van der Waals surface area contributed by atoms with Gasteiger partial charge in [-0.25, -0.2) is 0 Å². The number of rotatable bonds is 7. The van der Waals surface area contributed by atoms with Crippen molar-refractivity contribution in [2.75, 3.05) is 19.8 Å². The van der Waals surface area contributed by atoms with Crippen LogP contribution in [0.5, 0.6) is 17.2 Å². The highest BCUT2D eigenvalue weighted by Gasteiger charge is 2.12. The smallest absolute Gasteiger partial charge is 0.129 e. The molecule has 0 saturated carbocycles. The molecule has 1 aromatic rings. The fourth-order valence-corrected chi connectivity index (χ4v) is 1.76. The molecule has 0 unspecified atom stereocenters. The van der Waals surface area contributed by atoms with E-state index in [-0.39, 0.29) is 0 Å². The number of benzene rings is 1. The van der Waals surface area contributed by atoms with Crippen LogP contribution < -0.4 is 14.2 Å². The summed E-state index contributed by atoms with van der Waals surface area (Å²) in [6.07, 6.45) is 0.886. The van der Waals surface area contributed by atoms with Gasteiger partial charge in [0.25, 0.3) is 0 Å². The molecule has 1 rings (SSSR count). The molecule has 0 atom stereocenters. The normalized spacial score (nSPS) is 10.1. The van der Waals surface area contributed by atoms with Gasteiger partial charge in [0.15, 0.2) is 0 Å². The Balaban J connectivity index is 3.14. The van der Waals surface area contributed by atoms with E-state index >= 15 is 0 Å². The van der Waals surface area contributed by atoms with Crippen LogP contribution in [0.4, 0.5) is 0 Å². The van der Waals surface area contributed by atoms with E-state index in [1.54, 1.807) is 0 Å². The maximum atomic E-state index is 5.64. The third-order valence-electron chi connectivity index (χ3n) is 2.41. The lowest BCUT2D eigenvalue weighted by Gasteiger charge is -2.16. The van der Waals surface area contributed by atoms with Gasteiger partial charge in [-0.15, -0.1) is 0 Å². The highest BCUT2D eigenvalue weighted by molar-refractivity contribution is 5.50. The molecule has 0 aliphatic carbocycles. The van der Waals surface area contributed by atoms with Gasteiger partial charge in [0, 0.05) is 17.7 Å². The van der Waals surface area contributed by atoms with Crippen molar-refractivity contribution in [1.29, 1.82) is 0 Å². The molecule has 17 heavy (non-hydrogen) atoms. The maximum absolute atomic E-state index is 5.64. The van der Waals surface area contributed by atoms with E-state index in [2.05, 4.69) is 6.92 Å². The fourth-order valence-electron chi connectivity index (χ4n) is 1.76. The summed E-state index contributed by atoms with van der Waals surface area (Å²) in [5.74, 6) is 2.53. The first-order valence-electron chi connectivity index (χ1n) is 6.32. The third kappa shape index (κ3) is 3.55. The Bertz CT molecular complexity index is 320. The van der Waals surface area contributed by atoms with E-state index in [0.29, 0.717) is 19.8 Å². The largest absolute Gasteiger partial charge is 0.494 e. The van der Waals surface area contributed by atoms with Crippen LogP contribution in [0.25, 0.3) is 0 Å². The Morgan fingerprint density at radius 1 is 0.765 bits per heavy atom. The quantitative estimate of drug-likeness (QED) is 0.728. The zero-order valence-electron chi connectivity index (χ0n) is 11.2. The molecule has 0 fully saturated rings. The Morgan fingerprint density at radius 3 is 1.59 bits per heavy atom. The molecule has 0 aliphatic rings. The highest BCUT2D eigenvalue weighted by atomic mass is 16.5. The Kier molecular flexibility index (Phi) is 5.67. The van der Waals surface area contributed by atoms with Crippen molar-refractivity contribution in [3.63, 3.8) is 0 Å². The Hall–Kier alpha value is -1.38. The molecule has 0 spiro atoms. The van der Waals surface area contributed by atoms with Gasteiger partial charge in [0.2, 0.25) is 0 Å². The molecular weight excluding hydrogens is 216 g/mol. The van der Waals surface area contributed by atoms with Gasteiger partial charge in [0.05, 0.1) is 19.8 Å². The van der Waals surface area contributed by atoms with E-state index in [1.165, 1.54) is 0 Å². The van der Waals surface area contributed by atoms with Crippen LogP contribution in [0.15, 0.2) is 12.1 Å². The van der Waals surface area contributed by atoms with Crippen molar-refractivity contribution >= 4 is 0 Å². The molecule has 96 valence electrons. The van der Waals surface area contributed by atoms with Crippen molar-refractivity contribution in [1.82, 2.24) is 0 Å². The van der Waals surface area contributed by atoms with Gasteiger partial charge >= 0.3 is 0 Å². The number of ether oxygens (including phenoxy) is 3. The Labute approximate surface area is 104 Å². The second kappa shape index (κ2) is 7.05. The molecule has 0 aromatic heterocycles. The minimum atomic E-state index is 0.641. The van der Waals surface area contributed by atoms with Crippen molar-refractivity contribution in [3.8, 4) is 17.2 Å². The molecule has 0 aliphatic heterocycles. The molecule has 0 bridgehead atoms. The van der Waals surface area contributed by atoms with Crippen LogP contribution in [0, 0.1) is 0 Å². The van der Waals surface area contributed by atoms with Gasteiger partial charge < -0.3 is 14.2 Å². The van der Waals surface area contributed by atoms with Crippen molar-refractivity contribution in [3.05, 3.63) is 17.7 Å². The van der Waals surface area contributed by atoms with Gasteiger partial charge in [-0.05, 0) is 27.2 Å². The average Bonchev–Trinajstić information content (AvgIpc) is 2.30. The summed E-state index contributed by atoms with van der Waals surface area (Å²) in [5.41, 5.74) is 1.11. The van der Waals surface area contributed by atoms with Crippen LogP contribution in [-0.4, -0.2) is 19.8 Å². The summed E-state index contributed by atoms with van der Waals surface area (Å²) < 4.78 is 16.8. The van der Waals surface area contributed by atoms with Crippen LogP contribution in [0.3, 0.4) is 0 Å². The lowest BCUT2D eigenvalue weighted by Crippen LogP contribution is -2.02. The van der Waals surface area contributed by atoms with Gasteiger partial charge in [-0.2, -0.15) is 0 Å². The van der Waals surface area contributed by atoms with Gasteiger partial charge in [-0.3, -0.25) is 0 Å². The molecule has 0 heterocycles. The summed E-state index contributed by atoms with van der Waals surface area (Å²) in [6.45, 7) is 9.96. The zero-order valence-corrected chi connectivity index (χ0v) is 11.2. The van der Waals surface area contributed by atoms with E-state index in [1.807, 2.05) is 32.9 Å². The molecular formula is C14H22O3. The predicted molar refractivity (Wildman–Crippen MR) is 69.3 cm³/mol. The zero-order chi connectivity index (χ0) is 12.7. The molecule has 0 radical (unpaired) electrons. The molecule has 0 amide bonds. The lowest BCUT2D eigenvalue weighted by molar-refractivity contribution is 0.302. The van der Waals surface area contributed by atoms with Crippen LogP contribution in [0.1, 0.15) is 33.3 Å². The van der Waals surface area contributed by atoms with E-state index in [0.717, 1.165) is 29.2 Å². The summed E-state index contributed by atoms with van der Waals surface area (Å²) in [6, 6.07) is 3.88. The number of hydrogen-bond acceptors (Lipinski definition) is 3. The van der Waals surface area contributed by atoms with E-state index < -0.39 is 0 Å². The first kappa shape index (κ1) is 13.7. The monoisotopic (exact) mass is 238 g/mol. The second-order valence-corrected chi connectivity index (χ2v) is 3.55. The van der Waals surface area contributed by atoms with Crippen molar-refractivity contribution in [2.24, 2.45) is 0 Å². The minimum Gasteiger partial charge on any atom is -0.494 e. The van der Waals surface area contributed by atoms with Gasteiger partial charge in [-0.1, -0.05) is 6.92 Å². The Morgan fingerprint density at radius 2 is 1.24 bits per heavy atom. The average molecular weight is 238 g/mol. The van der Waals surface area contributed by atoms with Gasteiger partial charge in [0.1, 0.15) is 17.2 Å². The van der Waals surface area contributed by atoms with Crippen molar-refractivity contribution in [2.45, 2.75) is 34.1 Å². The van der Waals surface area contributed by atoms with E-state index in [4.69, 9.17) is 14.2 Å². The standard InChI is InChI=1S/C14H22O3/c1-5-12-13(16-7-3)9-11(15-6-2)10-14(12)17-8-4/h9-10H,5-8H2,1-4H3. The highest BCUT2D eigenvalue weighted by Crippen LogP contribution is 2.34. The molecule has 0 saturated heterocycles. The lowest BCUT2D eigenvalue weighted by atomic mass is 10.1. The molecule has 0 N–H and O–H groups in total. The summed E-state index contributed by atoms with van der Waals surface area (Å²) in [4.78, 5) is 0. The predicted octanol–water partition coefficient (Wildman–Crippen LogP) is 3.45. The summed E-state index contributed by atoms with van der Waals surface area (Å²) in [7, 11) is 0. The fraction of sp³-hybridized carbons (Fsp3) is 0.571. The van der Waals surface area contributed by atoms with E-state index in [9.17, 15) is 0 Å². The van der Waals surface area contributed by atoms with Crippen molar-refractivity contribution < 1.29 is 14.2 Å². The SMILES string of the molecule is CCOc1cc(OCC)c(CC)c(OCC)c1. The topological polar surface area (TPSA) is 27.7 Å². The molecule has 1 aromatic carbocycles. The van der Waals surface area contributed by atoms with Crippen LogP contribution >= 0.6 is 0 Å². The second-order valence-electron chi connectivity index (χ2n) is 3.55. The summed E-state index contributed by atoms with van der Waals surface area (Å²) >= 11 is 0. The first-order valence-corrected chi connectivity index (χ1v) is 6.32. The minimum absolute atomic E-state index is 0.641. The maximum Gasteiger partial charge on any atom is 0.129 e. The third-order valence-corrected chi connectivity index (χ3v) is 2.41. The summed E-state index contributed by atoms with van der Waals surface area (Å²) in [5, 5.41) is 0. The number of hydrogen-bond donors (Lipinski definition) is 0. The van der Waals surface area contributed by atoms with Crippen LogP contribution in [-0.2, 0) is 6.42 Å². The first-order chi connectivity index (χ1) is 8.26. The molecule has 3 heteroatoms. The van der Waals surface area contributed by atoms with Crippen LogP contribution in [0.2, 0.25) is 0 Å². The molecule has 3 nitrogen and oxygen atoms in total.